The van der Waals surface area contributed by atoms with Crippen molar-refractivity contribution in [1.82, 2.24) is 10.6 Å². The minimum atomic E-state index is 0. The van der Waals surface area contributed by atoms with Crippen molar-refractivity contribution in [3.05, 3.63) is 0 Å². The number of amides is 1. The van der Waals surface area contributed by atoms with Crippen molar-refractivity contribution in [3.63, 3.8) is 0 Å². The van der Waals surface area contributed by atoms with E-state index in [1.54, 1.807) is 0 Å². The average molecular weight is 247 g/mol. The molecule has 0 aliphatic heterocycles. The lowest BCUT2D eigenvalue weighted by Crippen LogP contribution is -2.35. The highest BCUT2D eigenvalue weighted by atomic mass is 35.5. The van der Waals surface area contributed by atoms with Crippen LogP contribution >= 0.6 is 12.4 Å². The molecule has 1 amide bonds. The van der Waals surface area contributed by atoms with Crippen molar-refractivity contribution in [3.8, 4) is 0 Å². The third kappa shape index (κ3) is 3.63. The van der Waals surface area contributed by atoms with Crippen molar-refractivity contribution < 1.29 is 4.79 Å². The van der Waals surface area contributed by atoms with Crippen molar-refractivity contribution in [2.75, 3.05) is 13.6 Å². The average Bonchev–Trinajstić information content (AvgIpc) is 2.99. The van der Waals surface area contributed by atoms with E-state index < -0.39 is 0 Å². The molecule has 0 aromatic carbocycles. The van der Waals surface area contributed by atoms with Crippen molar-refractivity contribution in [2.24, 2.45) is 11.8 Å². The van der Waals surface area contributed by atoms with Crippen LogP contribution in [0.3, 0.4) is 0 Å². The molecule has 2 fully saturated rings. The standard InChI is InChI=1S/C12H22N2O.ClH/c1-13-8-12(15)14-11-7-10(11)9-5-3-2-4-6-9;/h9-11,13H,2-8H2,1H3,(H,14,15);1H. The molecule has 2 atom stereocenters. The fraction of sp³-hybridized carbons (Fsp3) is 0.917. The van der Waals surface area contributed by atoms with Crippen LogP contribution in [-0.2, 0) is 4.79 Å². The second kappa shape index (κ2) is 6.45. The van der Waals surface area contributed by atoms with Crippen LogP contribution in [0.15, 0.2) is 0 Å². The number of halogens is 1. The third-order valence-corrected chi connectivity index (χ3v) is 3.78. The Balaban J connectivity index is 0.00000128. The second-order valence-corrected chi connectivity index (χ2v) is 5.00. The first-order valence-corrected chi connectivity index (χ1v) is 6.25. The fourth-order valence-electron chi connectivity index (χ4n) is 2.88. The van der Waals surface area contributed by atoms with E-state index in [0.29, 0.717) is 12.6 Å². The predicted molar refractivity (Wildman–Crippen MR) is 67.8 cm³/mol. The zero-order valence-electron chi connectivity index (χ0n) is 10.00. The summed E-state index contributed by atoms with van der Waals surface area (Å²) < 4.78 is 0. The Labute approximate surface area is 104 Å². The van der Waals surface area contributed by atoms with Crippen LogP contribution in [0.2, 0.25) is 0 Å². The van der Waals surface area contributed by atoms with E-state index in [4.69, 9.17) is 0 Å². The normalized spacial score (nSPS) is 29.3. The summed E-state index contributed by atoms with van der Waals surface area (Å²) >= 11 is 0. The minimum Gasteiger partial charge on any atom is -0.352 e. The molecule has 2 unspecified atom stereocenters. The molecule has 0 aromatic rings. The van der Waals surface area contributed by atoms with E-state index >= 15 is 0 Å². The summed E-state index contributed by atoms with van der Waals surface area (Å²) in [4.78, 5) is 11.3. The van der Waals surface area contributed by atoms with Gasteiger partial charge in [-0.2, -0.15) is 0 Å². The van der Waals surface area contributed by atoms with E-state index in [0.717, 1.165) is 11.8 Å². The number of rotatable bonds is 4. The van der Waals surface area contributed by atoms with Gasteiger partial charge in [-0.1, -0.05) is 32.1 Å². The molecule has 16 heavy (non-hydrogen) atoms. The first kappa shape index (κ1) is 13.8. The van der Waals surface area contributed by atoms with Gasteiger partial charge >= 0.3 is 0 Å². The molecule has 0 bridgehead atoms. The van der Waals surface area contributed by atoms with Gasteiger partial charge in [0.15, 0.2) is 0 Å². The molecule has 0 spiro atoms. The Morgan fingerprint density at radius 2 is 1.94 bits per heavy atom. The minimum absolute atomic E-state index is 0. The molecule has 2 saturated carbocycles. The topological polar surface area (TPSA) is 41.1 Å². The predicted octanol–water partition coefficient (Wildman–Crippen LogP) is 1.71. The number of likely N-dealkylation sites (N-methyl/N-ethyl adjacent to an activating group) is 1. The summed E-state index contributed by atoms with van der Waals surface area (Å²) in [6, 6.07) is 0.494. The summed E-state index contributed by atoms with van der Waals surface area (Å²) in [5, 5.41) is 5.98. The first-order chi connectivity index (χ1) is 7.31. The van der Waals surface area contributed by atoms with Crippen LogP contribution in [0.1, 0.15) is 38.5 Å². The number of carbonyl (C=O) groups is 1. The van der Waals surface area contributed by atoms with Gasteiger partial charge in [0.25, 0.3) is 0 Å². The third-order valence-electron chi connectivity index (χ3n) is 3.78. The largest absolute Gasteiger partial charge is 0.352 e. The molecule has 2 aliphatic rings. The quantitative estimate of drug-likeness (QED) is 0.793. The number of hydrogen-bond donors (Lipinski definition) is 2. The van der Waals surface area contributed by atoms with Gasteiger partial charge in [-0.3, -0.25) is 4.79 Å². The maximum atomic E-state index is 11.3. The first-order valence-electron chi connectivity index (χ1n) is 6.25. The molecule has 0 radical (unpaired) electrons. The van der Waals surface area contributed by atoms with Gasteiger partial charge in [0.1, 0.15) is 0 Å². The number of carbonyl (C=O) groups excluding carboxylic acids is 1. The lowest BCUT2D eigenvalue weighted by molar-refractivity contribution is -0.120. The van der Waals surface area contributed by atoms with Gasteiger partial charge in [0.05, 0.1) is 6.54 Å². The summed E-state index contributed by atoms with van der Waals surface area (Å²) in [6.07, 6.45) is 8.23. The van der Waals surface area contributed by atoms with Gasteiger partial charge in [-0.05, 0) is 25.3 Å². The van der Waals surface area contributed by atoms with Gasteiger partial charge in [0.2, 0.25) is 5.91 Å². The molecule has 0 aromatic heterocycles. The molecule has 4 heteroatoms. The lowest BCUT2D eigenvalue weighted by Gasteiger charge is -2.21. The molecular formula is C12H23ClN2O. The highest BCUT2D eigenvalue weighted by Crippen LogP contribution is 2.44. The summed E-state index contributed by atoms with van der Waals surface area (Å²) in [7, 11) is 1.81. The zero-order chi connectivity index (χ0) is 10.7. The maximum absolute atomic E-state index is 11.3. The van der Waals surface area contributed by atoms with Crippen molar-refractivity contribution >= 4 is 18.3 Å². The molecule has 94 valence electrons. The van der Waals surface area contributed by atoms with E-state index in [2.05, 4.69) is 10.6 Å². The van der Waals surface area contributed by atoms with E-state index in [9.17, 15) is 4.79 Å². The Hall–Kier alpha value is -0.280. The highest BCUT2D eigenvalue weighted by molar-refractivity contribution is 5.85. The Bertz CT molecular complexity index is 229. The van der Waals surface area contributed by atoms with Crippen LogP contribution in [-0.4, -0.2) is 25.5 Å². The maximum Gasteiger partial charge on any atom is 0.234 e. The Morgan fingerprint density at radius 3 is 2.56 bits per heavy atom. The smallest absolute Gasteiger partial charge is 0.234 e. The summed E-state index contributed by atoms with van der Waals surface area (Å²) in [5.74, 6) is 1.85. The molecule has 3 nitrogen and oxygen atoms in total. The Morgan fingerprint density at radius 1 is 1.25 bits per heavy atom. The molecule has 0 heterocycles. The van der Waals surface area contributed by atoms with Crippen molar-refractivity contribution in [1.29, 1.82) is 0 Å². The van der Waals surface area contributed by atoms with Crippen LogP contribution in [0.5, 0.6) is 0 Å². The van der Waals surface area contributed by atoms with E-state index in [1.807, 2.05) is 7.05 Å². The molecule has 2 rings (SSSR count). The SMILES string of the molecule is CNCC(=O)NC1CC1C1CCCCC1.Cl. The summed E-state index contributed by atoms with van der Waals surface area (Å²) in [6.45, 7) is 0.452. The van der Waals surface area contributed by atoms with Crippen LogP contribution in [0.25, 0.3) is 0 Å². The van der Waals surface area contributed by atoms with Crippen molar-refractivity contribution in [2.45, 2.75) is 44.6 Å². The molecule has 0 saturated heterocycles. The second-order valence-electron chi connectivity index (χ2n) is 5.00. The van der Waals surface area contributed by atoms with Gasteiger partial charge < -0.3 is 10.6 Å². The number of nitrogens with one attached hydrogen (secondary N) is 2. The molecule has 2 N–H and O–H groups in total. The van der Waals surface area contributed by atoms with E-state index in [-0.39, 0.29) is 18.3 Å². The van der Waals surface area contributed by atoms with E-state index in [1.165, 1.54) is 38.5 Å². The van der Waals surface area contributed by atoms with Crippen LogP contribution < -0.4 is 10.6 Å². The monoisotopic (exact) mass is 246 g/mol. The van der Waals surface area contributed by atoms with Gasteiger partial charge in [-0.25, -0.2) is 0 Å². The fourth-order valence-corrected chi connectivity index (χ4v) is 2.88. The zero-order valence-corrected chi connectivity index (χ0v) is 10.8. The molecule has 2 aliphatic carbocycles. The highest BCUT2D eigenvalue weighted by Gasteiger charge is 2.43. The van der Waals surface area contributed by atoms with Crippen LogP contribution in [0, 0.1) is 11.8 Å². The molecular weight excluding hydrogens is 224 g/mol. The summed E-state index contributed by atoms with van der Waals surface area (Å²) in [5.41, 5.74) is 0. The number of hydrogen-bond acceptors (Lipinski definition) is 2. The Kier molecular flexibility index (Phi) is 5.56. The van der Waals surface area contributed by atoms with Gasteiger partial charge in [0, 0.05) is 6.04 Å². The van der Waals surface area contributed by atoms with Gasteiger partial charge in [-0.15, -0.1) is 12.4 Å². The van der Waals surface area contributed by atoms with Crippen LogP contribution in [0.4, 0.5) is 0 Å². The lowest BCUT2D eigenvalue weighted by atomic mass is 9.85.